The van der Waals surface area contributed by atoms with Crippen LogP contribution >= 0.6 is 0 Å². The van der Waals surface area contributed by atoms with Crippen molar-refractivity contribution in [2.24, 2.45) is 0 Å². The fourth-order valence-electron chi connectivity index (χ4n) is 2.49. The molecule has 3 aromatic rings. The van der Waals surface area contributed by atoms with E-state index < -0.39 is 9.73 Å². The van der Waals surface area contributed by atoms with Crippen molar-refractivity contribution in [3.05, 3.63) is 70.1 Å². The SMILES string of the molecule is [C-]#[N+]c1ccc(-c2c(C)[nH]n(-c3ccc([S@](C)(=N)=O)cn3)c2=O)cc1. The Morgan fingerprint density at radius 2 is 1.92 bits per heavy atom. The molecule has 0 aliphatic carbocycles. The maximum absolute atomic E-state index is 12.8. The van der Waals surface area contributed by atoms with Gasteiger partial charge in [-0.2, -0.15) is 0 Å². The van der Waals surface area contributed by atoms with Crippen molar-refractivity contribution in [2.75, 3.05) is 6.26 Å². The Bertz CT molecular complexity index is 1130. The zero-order chi connectivity index (χ0) is 18.2. The van der Waals surface area contributed by atoms with Gasteiger partial charge in [0.2, 0.25) is 0 Å². The van der Waals surface area contributed by atoms with Gasteiger partial charge in [0.1, 0.15) is 0 Å². The van der Waals surface area contributed by atoms with Gasteiger partial charge in [0.25, 0.3) is 5.56 Å². The molecule has 126 valence electrons. The van der Waals surface area contributed by atoms with Gasteiger partial charge in [-0.1, -0.05) is 24.3 Å². The molecule has 2 aromatic heterocycles. The predicted octanol–water partition coefficient (Wildman–Crippen LogP) is 3.12. The number of hydrogen-bond donors (Lipinski definition) is 2. The van der Waals surface area contributed by atoms with Crippen LogP contribution in [0.15, 0.2) is 52.3 Å². The Hall–Kier alpha value is -3.18. The smallest absolute Gasteiger partial charge is 0.280 e. The lowest BCUT2D eigenvalue weighted by Crippen LogP contribution is -2.17. The summed E-state index contributed by atoms with van der Waals surface area (Å²) >= 11 is 0. The molecule has 0 unspecified atom stereocenters. The monoisotopic (exact) mass is 353 g/mol. The summed E-state index contributed by atoms with van der Waals surface area (Å²) < 4.78 is 20.6. The van der Waals surface area contributed by atoms with Gasteiger partial charge in [-0.25, -0.2) is 23.5 Å². The van der Waals surface area contributed by atoms with E-state index in [-0.39, 0.29) is 5.56 Å². The van der Waals surface area contributed by atoms with E-state index in [2.05, 4.69) is 14.9 Å². The van der Waals surface area contributed by atoms with E-state index in [0.29, 0.717) is 33.2 Å². The number of benzene rings is 1. The second-order valence-electron chi connectivity index (χ2n) is 5.61. The Morgan fingerprint density at radius 3 is 2.44 bits per heavy atom. The van der Waals surface area contributed by atoms with Gasteiger partial charge in [-0.15, -0.1) is 0 Å². The minimum Gasteiger partial charge on any atom is -0.293 e. The minimum atomic E-state index is -2.85. The first-order chi connectivity index (χ1) is 11.8. The molecule has 0 saturated heterocycles. The van der Waals surface area contributed by atoms with Crippen molar-refractivity contribution in [1.29, 1.82) is 4.78 Å². The summed E-state index contributed by atoms with van der Waals surface area (Å²) in [6.45, 7) is 8.78. The number of hydrogen-bond acceptors (Lipinski definition) is 4. The van der Waals surface area contributed by atoms with Crippen LogP contribution in [0.25, 0.3) is 21.8 Å². The molecule has 0 bridgehead atoms. The number of pyridine rings is 1. The largest absolute Gasteiger partial charge is 0.293 e. The summed E-state index contributed by atoms with van der Waals surface area (Å²) in [5.74, 6) is 0.351. The molecule has 0 saturated carbocycles. The van der Waals surface area contributed by atoms with Crippen LogP contribution in [0, 0.1) is 18.3 Å². The lowest BCUT2D eigenvalue weighted by Gasteiger charge is -2.03. The van der Waals surface area contributed by atoms with E-state index in [0.717, 1.165) is 0 Å². The van der Waals surface area contributed by atoms with Gasteiger partial charge >= 0.3 is 0 Å². The summed E-state index contributed by atoms with van der Waals surface area (Å²) in [7, 11) is -2.85. The van der Waals surface area contributed by atoms with Crippen LogP contribution in [0.5, 0.6) is 0 Å². The van der Waals surface area contributed by atoms with Crippen LogP contribution in [0.2, 0.25) is 0 Å². The molecule has 0 fully saturated rings. The van der Waals surface area contributed by atoms with Crippen LogP contribution in [-0.2, 0) is 9.73 Å². The lowest BCUT2D eigenvalue weighted by molar-refractivity contribution is 0.678. The van der Waals surface area contributed by atoms with E-state index in [1.165, 1.54) is 23.2 Å². The van der Waals surface area contributed by atoms with E-state index in [1.807, 2.05) is 0 Å². The molecule has 0 aliphatic rings. The first-order valence-electron chi connectivity index (χ1n) is 7.31. The summed E-state index contributed by atoms with van der Waals surface area (Å²) in [5, 5.41) is 2.98. The first kappa shape index (κ1) is 16.7. The molecule has 25 heavy (non-hydrogen) atoms. The average molecular weight is 353 g/mol. The zero-order valence-corrected chi connectivity index (χ0v) is 14.4. The highest BCUT2D eigenvalue weighted by atomic mass is 32.2. The normalized spacial score (nSPS) is 13.2. The van der Waals surface area contributed by atoms with Crippen LogP contribution in [-0.4, -0.2) is 25.2 Å². The van der Waals surface area contributed by atoms with E-state index in [4.69, 9.17) is 11.4 Å². The quantitative estimate of drug-likeness (QED) is 0.708. The van der Waals surface area contributed by atoms with Gasteiger partial charge in [0, 0.05) is 18.1 Å². The number of rotatable bonds is 3. The van der Waals surface area contributed by atoms with Crippen molar-refractivity contribution < 1.29 is 4.21 Å². The summed E-state index contributed by atoms with van der Waals surface area (Å²) in [4.78, 5) is 20.6. The molecule has 0 spiro atoms. The topological polar surface area (TPSA) is 96.0 Å². The van der Waals surface area contributed by atoms with Crippen molar-refractivity contribution >= 4 is 15.4 Å². The van der Waals surface area contributed by atoms with E-state index in [9.17, 15) is 9.00 Å². The molecule has 0 radical (unpaired) electrons. The maximum Gasteiger partial charge on any atom is 0.280 e. The number of aryl methyl sites for hydroxylation is 1. The van der Waals surface area contributed by atoms with Gasteiger partial charge in [0.15, 0.2) is 11.5 Å². The third kappa shape index (κ3) is 3.09. The molecule has 0 aliphatic heterocycles. The Kier molecular flexibility index (Phi) is 4.02. The molecule has 1 aromatic carbocycles. The fraction of sp³-hybridized carbons (Fsp3) is 0.118. The van der Waals surface area contributed by atoms with Crippen molar-refractivity contribution in [3.63, 3.8) is 0 Å². The molecular formula is C17H15N5O2S. The summed E-state index contributed by atoms with van der Waals surface area (Å²) in [6, 6.07) is 9.88. The van der Waals surface area contributed by atoms with Gasteiger partial charge < -0.3 is 0 Å². The van der Waals surface area contributed by atoms with Crippen molar-refractivity contribution in [3.8, 4) is 16.9 Å². The van der Waals surface area contributed by atoms with Crippen LogP contribution in [0.3, 0.4) is 0 Å². The molecule has 0 amide bonds. The molecule has 3 rings (SSSR count). The standard InChI is InChI=1S/C17H15N5O2S/c1-11-16(12-4-6-13(19-2)7-5-12)17(23)22(21-11)15-9-8-14(10-20-15)25(3,18)24/h4-10,18,21H,1,3H3/t25-/m1/s1. The zero-order valence-electron chi connectivity index (χ0n) is 13.6. The molecular weight excluding hydrogens is 338 g/mol. The van der Waals surface area contributed by atoms with Crippen LogP contribution in [0.1, 0.15) is 5.69 Å². The molecule has 2 heterocycles. The van der Waals surface area contributed by atoms with Crippen LogP contribution in [0.4, 0.5) is 5.69 Å². The molecule has 2 N–H and O–H groups in total. The highest BCUT2D eigenvalue weighted by molar-refractivity contribution is 7.91. The first-order valence-corrected chi connectivity index (χ1v) is 9.27. The Labute approximate surface area is 144 Å². The van der Waals surface area contributed by atoms with Crippen molar-refractivity contribution in [2.45, 2.75) is 11.8 Å². The third-order valence-electron chi connectivity index (χ3n) is 3.76. The minimum absolute atomic E-state index is 0.267. The third-order valence-corrected chi connectivity index (χ3v) is 4.90. The molecule has 8 heteroatoms. The predicted molar refractivity (Wildman–Crippen MR) is 95.7 cm³/mol. The van der Waals surface area contributed by atoms with Gasteiger partial charge in [-0.3, -0.25) is 9.89 Å². The fourth-order valence-corrected chi connectivity index (χ4v) is 3.07. The van der Waals surface area contributed by atoms with E-state index in [1.54, 1.807) is 37.3 Å². The number of nitrogens with one attached hydrogen (secondary N) is 2. The summed E-state index contributed by atoms with van der Waals surface area (Å²) in [5.41, 5.74) is 2.13. The number of H-pyrrole nitrogens is 1. The number of nitrogens with zero attached hydrogens (tertiary/aromatic N) is 3. The Balaban J connectivity index is 2.08. The van der Waals surface area contributed by atoms with Gasteiger partial charge in [-0.05, 0) is 24.6 Å². The highest BCUT2D eigenvalue weighted by Crippen LogP contribution is 2.23. The number of aromatic nitrogens is 3. The molecule has 7 nitrogen and oxygen atoms in total. The molecule has 1 atom stereocenters. The summed E-state index contributed by atoms with van der Waals surface area (Å²) in [6.07, 6.45) is 2.66. The second-order valence-corrected chi connectivity index (χ2v) is 7.77. The Morgan fingerprint density at radius 1 is 1.24 bits per heavy atom. The maximum atomic E-state index is 12.8. The second kappa shape index (κ2) is 6.03. The average Bonchev–Trinajstić information content (AvgIpc) is 2.89. The lowest BCUT2D eigenvalue weighted by atomic mass is 10.1. The van der Waals surface area contributed by atoms with Gasteiger partial charge in [0.05, 0.1) is 26.8 Å². The van der Waals surface area contributed by atoms with E-state index >= 15 is 0 Å². The van der Waals surface area contributed by atoms with Crippen LogP contribution < -0.4 is 5.56 Å². The van der Waals surface area contributed by atoms with Crippen molar-refractivity contribution in [1.82, 2.24) is 14.8 Å². The highest BCUT2D eigenvalue weighted by Gasteiger charge is 2.15. The number of aromatic amines is 1.